The van der Waals surface area contributed by atoms with Crippen molar-refractivity contribution in [2.45, 2.75) is 13.3 Å². The van der Waals surface area contributed by atoms with Crippen molar-refractivity contribution in [3.63, 3.8) is 0 Å². The highest BCUT2D eigenvalue weighted by molar-refractivity contribution is 5.77. The van der Waals surface area contributed by atoms with Crippen LogP contribution in [-0.4, -0.2) is 0 Å². The number of fused-ring (bicyclic) bond motifs is 2. The van der Waals surface area contributed by atoms with Crippen molar-refractivity contribution in [1.29, 1.82) is 0 Å². The molecule has 1 unspecified atom stereocenters. The van der Waals surface area contributed by atoms with Crippen molar-refractivity contribution in [3.8, 4) is 0 Å². The van der Waals surface area contributed by atoms with Crippen LogP contribution in [0.3, 0.4) is 0 Å². The first-order valence-corrected chi connectivity index (χ1v) is 7.58. The number of aryl methyl sites for hydroxylation is 1. The molecule has 4 rings (SSSR count). The summed E-state index contributed by atoms with van der Waals surface area (Å²) in [6, 6.07) is 17.7. The van der Waals surface area contributed by atoms with Crippen molar-refractivity contribution >= 4 is 11.6 Å². The van der Waals surface area contributed by atoms with Gasteiger partial charge in [-0.05, 0) is 40.5 Å². The first-order valence-electron chi connectivity index (χ1n) is 7.58. The highest BCUT2D eigenvalue weighted by Crippen LogP contribution is 2.34. The van der Waals surface area contributed by atoms with E-state index in [0.29, 0.717) is 5.92 Å². The molecule has 21 heavy (non-hydrogen) atoms. The molecule has 2 aromatic carbocycles. The fraction of sp³-hybridized carbons (Fsp3) is 0.143. The topological polar surface area (TPSA) is 0 Å². The van der Waals surface area contributed by atoms with Gasteiger partial charge in [0.25, 0.3) is 0 Å². The molecule has 2 aromatic rings. The second kappa shape index (κ2) is 4.89. The molecule has 0 fully saturated rings. The average molecular weight is 270 g/mol. The Bertz CT molecular complexity index is 861. The Morgan fingerprint density at radius 1 is 0.952 bits per heavy atom. The maximum atomic E-state index is 2.35. The van der Waals surface area contributed by atoms with Gasteiger partial charge in [0.2, 0.25) is 0 Å². The van der Waals surface area contributed by atoms with Crippen LogP contribution in [0, 0.1) is 12.8 Å². The van der Waals surface area contributed by atoms with Crippen molar-refractivity contribution in [2.75, 3.05) is 0 Å². The summed E-state index contributed by atoms with van der Waals surface area (Å²) in [5.74, 6) is 0.493. The van der Waals surface area contributed by atoms with E-state index in [4.69, 9.17) is 0 Å². The molecule has 0 bridgehead atoms. The van der Waals surface area contributed by atoms with Crippen molar-refractivity contribution in [1.82, 2.24) is 0 Å². The molecule has 1 atom stereocenters. The monoisotopic (exact) mass is 270 g/mol. The van der Waals surface area contributed by atoms with E-state index in [0.717, 1.165) is 6.42 Å². The van der Waals surface area contributed by atoms with E-state index in [1.807, 2.05) is 0 Å². The van der Waals surface area contributed by atoms with E-state index in [2.05, 4.69) is 79.8 Å². The Labute approximate surface area is 125 Å². The van der Waals surface area contributed by atoms with Crippen LogP contribution in [0.25, 0.3) is 11.6 Å². The SMILES string of the molecule is Cc1ccc(C2=c3ccccc3=CC3=CC=CCC32)cc1. The zero-order chi connectivity index (χ0) is 14.2. The van der Waals surface area contributed by atoms with Crippen LogP contribution in [0.1, 0.15) is 17.5 Å². The second-order valence-electron chi connectivity index (χ2n) is 5.89. The Morgan fingerprint density at radius 2 is 1.76 bits per heavy atom. The molecule has 2 aliphatic carbocycles. The second-order valence-corrected chi connectivity index (χ2v) is 5.89. The summed E-state index contributed by atoms with van der Waals surface area (Å²) in [7, 11) is 0. The maximum absolute atomic E-state index is 2.35. The third-order valence-electron chi connectivity index (χ3n) is 4.48. The van der Waals surface area contributed by atoms with E-state index < -0.39 is 0 Å². The van der Waals surface area contributed by atoms with Crippen LogP contribution in [0.5, 0.6) is 0 Å². The van der Waals surface area contributed by atoms with Crippen molar-refractivity contribution in [3.05, 3.63) is 93.9 Å². The number of hydrogen-bond donors (Lipinski definition) is 0. The first-order chi connectivity index (χ1) is 10.3. The largest absolute Gasteiger partial charge is 0.0836 e. The standard InChI is InChI=1S/C21H18/c1-15-10-12-16(13-11-15)21-19-8-4-2-6-17(19)14-18-7-3-5-9-20(18)21/h2-8,10-14,20H,9H2,1H3. The first kappa shape index (κ1) is 12.4. The lowest BCUT2D eigenvalue weighted by Crippen LogP contribution is -2.34. The molecule has 0 saturated carbocycles. The van der Waals surface area contributed by atoms with Gasteiger partial charge in [0.05, 0.1) is 0 Å². The minimum atomic E-state index is 0.493. The Morgan fingerprint density at radius 3 is 2.62 bits per heavy atom. The van der Waals surface area contributed by atoms with Crippen LogP contribution in [-0.2, 0) is 0 Å². The molecular formula is C21H18. The highest BCUT2D eigenvalue weighted by atomic mass is 14.3. The van der Waals surface area contributed by atoms with Gasteiger partial charge in [0.1, 0.15) is 0 Å². The fourth-order valence-electron chi connectivity index (χ4n) is 3.40. The van der Waals surface area contributed by atoms with E-state index in [1.54, 1.807) is 0 Å². The van der Waals surface area contributed by atoms with Gasteiger partial charge in [-0.2, -0.15) is 0 Å². The predicted octanol–water partition coefficient (Wildman–Crippen LogP) is 3.49. The Hall–Kier alpha value is -2.34. The van der Waals surface area contributed by atoms with E-state index in [1.165, 1.54) is 32.7 Å². The number of allylic oxidation sites excluding steroid dienone is 4. The van der Waals surface area contributed by atoms with E-state index >= 15 is 0 Å². The molecule has 0 aromatic heterocycles. The van der Waals surface area contributed by atoms with Gasteiger partial charge in [-0.15, -0.1) is 0 Å². The summed E-state index contributed by atoms with van der Waals surface area (Å²) < 4.78 is 0. The molecular weight excluding hydrogens is 252 g/mol. The zero-order valence-corrected chi connectivity index (χ0v) is 12.2. The normalized spacial score (nSPS) is 19.4. The maximum Gasteiger partial charge on any atom is 0.0136 e. The molecule has 0 saturated heterocycles. The third-order valence-corrected chi connectivity index (χ3v) is 4.48. The summed E-state index contributed by atoms with van der Waals surface area (Å²) in [5.41, 5.74) is 5.58. The summed E-state index contributed by atoms with van der Waals surface area (Å²) in [6.07, 6.45) is 10.2. The van der Waals surface area contributed by atoms with Crippen LogP contribution >= 0.6 is 0 Å². The van der Waals surface area contributed by atoms with Crippen LogP contribution in [0.4, 0.5) is 0 Å². The molecule has 2 aliphatic rings. The van der Waals surface area contributed by atoms with Crippen LogP contribution in [0.2, 0.25) is 0 Å². The molecule has 102 valence electrons. The molecule has 0 aliphatic heterocycles. The summed E-state index contributed by atoms with van der Waals surface area (Å²) in [5, 5.41) is 2.73. The minimum Gasteiger partial charge on any atom is -0.0836 e. The lowest BCUT2D eigenvalue weighted by atomic mass is 9.77. The molecule has 0 heterocycles. The Kier molecular flexibility index (Phi) is 2.89. The van der Waals surface area contributed by atoms with Gasteiger partial charge >= 0.3 is 0 Å². The van der Waals surface area contributed by atoms with Crippen molar-refractivity contribution < 1.29 is 0 Å². The van der Waals surface area contributed by atoms with Gasteiger partial charge < -0.3 is 0 Å². The Balaban J connectivity index is 2.05. The van der Waals surface area contributed by atoms with Gasteiger partial charge in [-0.1, -0.05) is 78.4 Å². The van der Waals surface area contributed by atoms with Gasteiger partial charge in [0, 0.05) is 5.92 Å². The highest BCUT2D eigenvalue weighted by Gasteiger charge is 2.23. The zero-order valence-electron chi connectivity index (χ0n) is 12.2. The van der Waals surface area contributed by atoms with Crippen LogP contribution < -0.4 is 10.4 Å². The number of hydrogen-bond acceptors (Lipinski definition) is 0. The average Bonchev–Trinajstić information content (AvgIpc) is 2.53. The summed E-state index contributed by atoms with van der Waals surface area (Å²) >= 11 is 0. The molecule has 0 N–H and O–H groups in total. The van der Waals surface area contributed by atoms with Gasteiger partial charge in [-0.3, -0.25) is 0 Å². The molecule has 0 heteroatoms. The number of benzene rings is 2. The van der Waals surface area contributed by atoms with Gasteiger partial charge in [-0.25, -0.2) is 0 Å². The van der Waals surface area contributed by atoms with Gasteiger partial charge in [0.15, 0.2) is 0 Å². The number of rotatable bonds is 1. The van der Waals surface area contributed by atoms with E-state index in [-0.39, 0.29) is 0 Å². The summed E-state index contributed by atoms with van der Waals surface area (Å²) in [6.45, 7) is 2.14. The fourth-order valence-corrected chi connectivity index (χ4v) is 3.40. The molecule has 0 nitrogen and oxygen atoms in total. The summed E-state index contributed by atoms with van der Waals surface area (Å²) in [4.78, 5) is 0. The quantitative estimate of drug-likeness (QED) is 0.744. The lowest BCUT2D eigenvalue weighted by Gasteiger charge is -2.26. The predicted molar refractivity (Wildman–Crippen MR) is 89.2 cm³/mol. The van der Waals surface area contributed by atoms with E-state index in [9.17, 15) is 0 Å². The molecule has 0 radical (unpaired) electrons. The minimum absolute atomic E-state index is 0.493. The van der Waals surface area contributed by atoms with Crippen LogP contribution in [0.15, 0.2) is 72.3 Å². The third kappa shape index (κ3) is 2.08. The van der Waals surface area contributed by atoms with Crippen molar-refractivity contribution in [2.24, 2.45) is 5.92 Å². The molecule has 0 amide bonds. The lowest BCUT2D eigenvalue weighted by molar-refractivity contribution is 0.804. The smallest absolute Gasteiger partial charge is 0.0136 e. The molecule has 0 spiro atoms.